The minimum Gasteiger partial charge on any atom is -0.409 e. The fraction of sp³-hybridized carbons (Fsp3) is 0.231. The number of anilines is 1. The average molecular weight is 288 g/mol. The minimum atomic E-state index is -0.337. The highest BCUT2D eigenvalue weighted by Gasteiger charge is 2.17. The third kappa shape index (κ3) is 2.83. The SMILES string of the molecule is Cc1ccc(C(=O)Nc2c(C(N)=NO)cnn2C)c(C)n1. The molecule has 0 aliphatic rings. The van der Waals surface area contributed by atoms with Crippen LogP contribution in [0.25, 0.3) is 0 Å². The molecule has 4 N–H and O–H groups in total. The Labute approximate surface area is 121 Å². The number of aromatic nitrogens is 3. The summed E-state index contributed by atoms with van der Waals surface area (Å²) in [6, 6.07) is 3.46. The molecule has 8 heteroatoms. The number of amidine groups is 1. The number of amides is 1. The van der Waals surface area contributed by atoms with Crippen LogP contribution in [0.4, 0.5) is 5.82 Å². The van der Waals surface area contributed by atoms with Crippen LogP contribution in [0.1, 0.15) is 27.3 Å². The van der Waals surface area contributed by atoms with Crippen molar-refractivity contribution < 1.29 is 10.0 Å². The van der Waals surface area contributed by atoms with Crippen LogP contribution in [0.3, 0.4) is 0 Å². The zero-order valence-electron chi connectivity index (χ0n) is 12.0. The van der Waals surface area contributed by atoms with Crippen molar-refractivity contribution in [1.29, 1.82) is 0 Å². The number of aryl methyl sites for hydroxylation is 3. The largest absolute Gasteiger partial charge is 0.409 e. The summed E-state index contributed by atoms with van der Waals surface area (Å²) >= 11 is 0. The third-order valence-corrected chi connectivity index (χ3v) is 3.02. The van der Waals surface area contributed by atoms with Gasteiger partial charge in [-0.05, 0) is 26.0 Å². The first-order chi connectivity index (χ1) is 9.93. The molecule has 110 valence electrons. The molecular formula is C13H16N6O2. The molecule has 2 heterocycles. The molecule has 0 saturated heterocycles. The Morgan fingerprint density at radius 2 is 2.10 bits per heavy atom. The topological polar surface area (TPSA) is 118 Å². The lowest BCUT2D eigenvalue weighted by Gasteiger charge is -2.09. The predicted octanol–water partition coefficient (Wildman–Crippen LogP) is 0.779. The molecule has 0 bridgehead atoms. The second-order valence-corrected chi connectivity index (χ2v) is 4.56. The van der Waals surface area contributed by atoms with E-state index >= 15 is 0 Å². The number of hydrogen-bond acceptors (Lipinski definition) is 5. The van der Waals surface area contributed by atoms with Gasteiger partial charge in [0.1, 0.15) is 5.82 Å². The van der Waals surface area contributed by atoms with E-state index in [4.69, 9.17) is 10.9 Å². The summed E-state index contributed by atoms with van der Waals surface area (Å²) in [5.74, 6) is -0.122. The molecule has 0 radical (unpaired) electrons. The summed E-state index contributed by atoms with van der Waals surface area (Å²) in [4.78, 5) is 16.6. The lowest BCUT2D eigenvalue weighted by Crippen LogP contribution is -2.21. The fourth-order valence-corrected chi connectivity index (χ4v) is 1.93. The van der Waals surface area contributed by atoms with Crippen LogP contribution < -0.4 is 11.1 Å². The van der Waals surface area contributed by atoms with Gasteiger partial charge in [-0.3, -0.25) is 14.5 Å². The fourth-order valence-electron chi connectivity index (χ4n) is 1.93. The third-order valence-electron chi connectivity index (χ3n) is 3.02. The highest BCUT2D eigenvalue weighted by Crippen LogP contribution is 2.16. The molecule has 1 amide bonds. The number of nitrogens with one attached hydrogen (secondary N) is 1. The van der Waals surface area contributed by atoms with Gasteiger partial charge in [0.05, 0.1) is 23.0 Å². The van der Waals surface area contributed by atoms with Gasteiger partial charge >= 0.3 is 0 Å². The molecule has 0 fully saturated rings. The van der Waals surface area contributed by atoms with Gasteiger partial charge < -0.3 is 16.3 Å². The molecule has 2 aromatic rings. The zero-order chi connectivity index (χ0) is 15.6. The van der Waals surface area contributed by atoms with E-state index in [1.54, 1.807) is 26.1 Å². The number of carbonyl (C=O) groups excluding carboxylic acids is 1. The van der Waals surface area contributed by atoms with Crippen LogP contribution in [0.15, 0.2) is 23.5 Å². The summed E-state index contributed by atoms with van der Waals surface area (Å²) in [7, 11) is 1.64. The number of nitrogens with two attached hydrogens (primary N) is 1. The number of hydrogen-bond donors (Lipinski definition) is 3. The average Bonchev–Trinajstić information content (AvgIpc) is 2.79. The molecule has 8 nitrogen and oxygen atoms in total. The van der Waals surface area contributed by atoms with E-state index in [2.05, 4.69) is 20.6 Å². The van der Waals surface area contributed by atoms with Crippen LogP contribution >= 0.6 is 0 Å². The standard InChI is InChI=1S/C13H16N6O2/c1-7-4-5-9(8(2)16-7)13(20)17-12-10(11(14)18-21)6-15-19(12)3/h4-6,21H,1-3H3,(H2,14,18)(H,17,20). The summed E-state index contributed by atoms with van der Waals surface area (Å²) in [6.07, 6.45) is 1.41. The van der Waals surface area contributed by atoms with Gasteiger partial charge in [-0.2, -0.15) is 5.10 Å². The highest BCUT2D eigenvalue weighted by atomic mass is 16.4. The summed E-state index contributed by atoms with van der Waals surface area (Å²) in [6.45, 7) is 3.61. The second-order valence-electron chi connectivity index (χ2n) is 4.56. The van der Waals surface area contributed by atoms with Crippen molar-refractivity contribution in [2.24, 2.45) is 17.9 Å². The predicted molar refractivity (Wildman–Crippen MR) is 77.4 cm³/mol. The maximum atomic E-state index is 12.3. The Morgan fingerprint density at radius 3 is 2.71 bits per heavy atom. The van der Waals surface area contributed by atoms with Crippen LogP contribution in [0.2, 0.25) is 0 Å². The van der Waals surface area contributed by atoms with Crippen LogP contribution in [0.5, 0.6) is 0 Å². The number of oxime groups is 1. The normalized spacial score (nSPS) is 11.5. The first-order valence-electron chi connectivity index (χ1n) is 6.19. The molecule has 0 unspecified atom stereocenters. The maximum Gasteiger partial charge on any atom is 0.258 e. The van der Waals surface area contributed by atoms with E-state index in [1.165, 1.54) is 10.9 Å². The Kier molecular flexibility index (Phi) is 3.88. The first-order valence-corrected chi connectivity index (χ1v) is 6.19. The molecule has 0 atom stereocenters. The zero-order valence-corrected chi connectivity index (χ0v) is 12.0. The molecule has 0 aromatic carbocycles. The van der Waals surface area contributed by atoms with Gasteiger partial charge in [-0.1, -0.05) is 5.16 Å². The minimum absolute atomic E-state index is 0.128. The number of carbonyl (C=O) groups is 1. The Bertz CT molecular complexity index is 719. The van der Waals surface area contributed by atoms with E-state index in [-0.39, 0.29) is 11.7 Å². The molecule has 0 spiro atoms. The number of rotatable bonds is 3. The molecule has 0 saturated carbocycles. The second kappa shape index (κ2) is 5.61. The van der Waals surface area contributed by atoms with Gasteiger partial charge in [0, 0.05) is 12.7 Å². The van der Waals surface area contributed by atoms with Crippen LogP contribution in [-0.2, 0) is 7.05 Å². The van der Waals surface area contributed by atoms with E-state index < -0.39 is 0 Å². The lowest BCUT2D eigenvalue weighted by atomic mass is 10.1. The Hall–Kier alpha value is -2.90. The Morgan fingerprint density at radius 1 is 1.38 bits per heavy atom. The molecule has 21 heavy (non-hydrogen) atoms. The van der Waals surface area contributed by atoms with Crippen molar-refractivity contribution in [3.05, 3.63) is 40.8 Å². The van der Waals surface area contributed by atoms with Crippen molar-refractivity contribution in [2.75, 3.05) is 5.32 Å². The van der Waals surface area contributed by atoms with Crippen LogP contribution in [-0.4, -0.2) is 31.7 Å². The van der Waals surface area contributed by atoms with Crippen molar-refractivity contribution >= 4 is 17.6 Å². The van der Waals surface area contributed by atoms with E-state index in [0.717, 1.165) is 5.69 Å². The first kappa shape index (κ1) is 14.5. The van der Waals surface area contributed by atoms with Gasteiger partial charge in [0.15, 0.2) is 5.84 Å². The summed E-state index contributed by atoms with van der Waals surface area (Å²) in [5.41, 5.74) is 7.81. The van der Waals surface area contributed by atoms with Crippen molar-refractivity contribution in [3.8, 4) is 0 Å². The van der Waals surface area contributed by atoms with Crippen molar-refractivity contribution in [3.63, 3.8) is 0 Å². The monoisotopic (exact) mass is 288 g/mol. The summed E-state index contributed by atoms with van der Waals surface area (Å²) < 4.78 is 1.43. The quantitative estimate of drug-likeness (QED) is 0.334. The van der Waals surface area contributed by atoms with Crippen LogP contribution in [0, 0.1) is 13.8 Å². The molecular weight excluding hydrogens is 272 g/mol. The van der Waals surface area contributed by atoms with Gasteiger partial charge in [-0.25, -0.2) is 0 Å². The number of nitrogens with zero attached hydrogens (tertiary/aromatic N) is 4. The van der Waals surface area contributed by atoms with Crippen molar-refractivity contribution in [1.82, 2.24) is 14.8 Å². The van der Waals surface area contributed by atoms with E-state index in [0.29, 0.717) is 22.6 Å². The Balaban J connectivity index is 2.34. The molecule has 2 aromatic heterocycles. The smallest absolute Gasteiger partial charge is 0.258 e. The molecule has 2 rings (SSSR count). The molecule has 0 aliphatic carbocycles. The van der Waals surface area contributed by atoms with E-state index in [1.807, 2.05) is 6.92 Å². The lowest BCUT2D eigenvalue weighted by molar-refractivity contribution is 0.102. The molecule has 0 aliphatic heterocycles. The van der Waals surface area contributed by atoms with Gasteiger partial charge in [0.2, 0.25) is 0 Å². The summed E-state index contributed by atoms with van der Waals surface area (Å²) in [5, 5.41) is 18.4. The van der Waals surface area contributed by atoms with Crippen molar-refractivity contribution in [2.45, 2.75) is 13.8 Å². The van der Waals surface area contributed by atoms with Gasteiger partial charge in [0.25, 0.3) is 5.91 Å². The van der Waals surface area contributed by atoms with E-state index in [9.17, 15) is 4.79 Å². The number of pyridine rings is 1. The maximum absolute atomic E-state index is 12.3. The highest BCUT2D eigenvalue weighted by molar-refractivity contribution is 6.09. The van der Waals surface area contributed by atoms with Gasteiger partial charge in [-0.15, -0.1) is 0 Å².